The van der Waals surface area contributed by atoms with Crippen molar-refractivity contribution in [1.29, 1.82) is 0 Å². The number of amides is 4. The summed E-state index contributed by atoms with van der Waals surface area (Å²) in [5.74, 6) is -1.28. The molecule has 3 saturated heterocycles. The molecule has 0 bridgehead atoms. The average Bonchev–Trinajstić information content (AvgIpc) is 3.56. The van der Waals surface area contributed by atoms with Gasteiger partial charge in [-0.15, -0.1) is 0 Å². The van der Waals surface area contributed by atoms with Crippen LogP contribution in [0.25, 0.3) is 0 Å². The third kappa shape index (κ3) is 3.34. The molecular formula is C26H23N3O8. The number of cyclic esters (lactones) is 1. The number of carbonyl (C=O) groups is 4. The number of nitrogens with zero attached hydrogens (tertiary/aromatic N) is 3. The molecule has 5 aliphatic heterocycles. The summed E-state index contributed by atoms with van der Waals surface area (Å²) in [6.07, 6.45) is -0.606. The number of carbonyl (C=O) groups excluding carboxylic acids is 4. The van der Waals surface area contributed by atoms with Gasteiger partial charge in [0.2, 0.25) is 5.91 Å². The van der Waals surface area contributed by atoms with Crippen LogP contribution in [0.1, 0.15) is 33.6 Å². The van der Waals surface area contributed by atoms with Crippen molar-refractivity contribution >= 4 is 35.2 Å². The molecule has 7 rings (SSSR count). The summed E-state index contributed by atoms with van der Waals surface area (Å²) in [5.41, 5.74) is 1.86. The summed E-state index contributed by atoms with van der Waals surface area (Å²) in [5, 5.41) is 0. The van der Waals surface area contributed by atoms with Crippen LogP contribution in [0.5, 0.6) is 5.75 Å². The molecule has 5 heterocycles. The lowest BCUT2D eigenvalue weighted by molar-refractivity contribution is -0.177. The molecule has 2 aromatic carbocycles. The topological polar surface area (TPSA) is 115 Å². The van der Waals surface area contributed by atoms with E-state index in [0.29, 0.717) is 54.4 Å². The Hall–Kier alpha value is -3.96. The second kappa shape index (κ2) is 8.02. The first-order valence-electron chi connectivity index (χ1n) is 12.2. The maximum atomic E-state index is 12.9. The molecular weight excluding hydrogens is 482 g/mol. The van der Waals surface area contributed by atoms with Crippen LogP contribution in [-0.4, -0.2) is 79.6 Å². The van der Waals surface area contributed by atoms with Gasteiger partial charge in [-0.25, -0.2) is 4.79 Å². The Kier molecular flexibility index (Phi) is 4.82. The van der Waals surface area contributed by atoms with Gasteiger partial charge in [0.25, 0.3) is 11.8 Å². The van der Waals surface area contributed by atoms with Crippen molar-refractivity contribution in [3.05, 3.63) is 53.6 Å². The molecule has 5 aliphatic rings. The number of ether oxygens (including phenoxy) is 4. The van der Waals surface area contributed by atoms with E-state index >= 15 is 0 Å². The lowest BCUT2D eigenvalue weighted by Crippen LogP contribution is -2.49. The predicted molar refractivity (Wildman–Crippen MR) is 127 cm³/mol. The van der Waals surface area contributed by atoms with Crippen LogP contribution >= 0.6 is 0 Å². The highest BCUT2D eigenvalue weighted by atomic mass is 16.7. The van der Waals surface area contributed by atoms with Crippen LogP contribution in [0, 0.1) is 0 Å². The number of piperidine rings is 1. The van der Waals surface area contributed by atoms with Crippen molar-refractivity contribution in [3.8, 4) is 5.75 Å². The average molecular weight is 505 g/mol. The molecule has 0 aromatic heterocycles. The largest absolute Gasteiger partial charge is 0.489 e. The fraction of sp³-hybridized carbons (Fsp3) is 0.385. The molecule has 3 fully saturated rings. The van der Waals surface area contributed by atoms with Gasteiger partial charge < -0.3 is 23.8 Å². The second-order valence-corrected chi connectivity index (χ2v) is 9.67. The van der Waals surface area contributed by atoms with Gasteiger partial charge in [0.05, 0.1) is 43.0 Å². The van der Waals surface area contributed by atoms with E-state index in [2.05, 4.69) is 0 Å². The van der Waals surface area contributed by atoms with Gasteiger partial charge >= 0.3 is 6.09 Å². The van der Waals surface area contributed by atoms with Crippen LogP contribution in [0.15, 0.2) is 42.5 Å². The highest BCUT2D eigenvalue weighted by Crippen LogP contribution is 2.42. The summed E-state index contributed by atoms with van der Waals surface area (Å²) in [6, 6.07) is 11.4. The Bertz CT molecular complexity index is 1320. The van der Waals surface area contributed by atoms with Crippen LogP contribution in [0.2, 0.25) is 0 Å². The Balaban J connectivity index is 1.09. The molecule has 190 valence electrons. The highest BCUT2D eigenvalue weighted by Gasteiger charge is 2.50. The number of imide groups is 1. The predicted octanol–water partition coefficient (Wildman–Crippen LogP) is 1.94. The first-order valence-corrected chi connectivity index (χ1v) is 12.2. The second-order valence-electron chi connectivity index (χ2n) is 9.67. The maximum Gasteiger partial charge on any atom is 0.415 e. The molecule has 11 heteroatoms. The summed E-state index contributed by atoms with van der Waals surface area (Å²) in [7, 11) is 0. The summed E-state index contributed by atoms with van der Waals surface area (Å²) in [6.45, 7) is 1.47. The van der Waals surface area contributed by atoms with Crippen molar-refractivity contribution in [2.24, 2.45) is 0 Å². The maximum absolute atomic E-state index is 12.9. The molecule has 0 aliphatic carbocycles. The van der Waals surface area contributed by atoms with Crippen molar-refractivity contribution in [3.63, 3.8) is 0 Å². The SMILES string of the molecule is O=C1c2ccccc2C(=O)N1C[C@@H]1OC(=O)N2c3ccc(N4CCC5(CC4=O)OCCO5)cc3OC[C@@H]12. The van der Waals surface area contributed by atoms with Crippen molar-refractivity contribution in [1.82, 2.24) is 4.90 Å². The molecule has 0 saturated carbocycles. The van der Waals surface area contributed by atoms with Gasteiger partial charge in [-0.3, -0.25) is 24.2 Å². The van der Waals surface area contributed by atoms with Crippen molar-refractivity contribution in [2.75, 3.05) is 42.7 Å². The monoisotopic (exact) mass is 505 g/mol. The number of hydrogen-bond donors (Lipinski definition) is 0. The molecule has 2 atom stereocenters. The number of rotatable bonds is 3. The smallest absolute Gasteiger partial charge is 0.415 e. The van der Waals surface area contributed by atoms with Crippen LogP contribution in [-0.2, 0) is 19.0 Å². The number of hydrogen-bond acceptors (Lipinski definition) is 8. The molecule has 11 nitrogen and oxygen atoms in total. The standard InChI is InChI=1S/C26H23N3O8/c30-22-12-26(35-9-10-36-26)7-8-27(22)15-5-6-18-20(11-15)34-14-19-21(37-25(33)29(18)19)13-28-23(31)16-3-1-2-4-17(16)24(28)32/h1-6,11,19,21H,7-10,12-14H2/t19-,21-/m0/s1. The Morgan fingerprint density at radius 2 is 1.68 bits per heavy atom. The van der Waals surface area contributed by atoms with E-state index in [9.17, 15) is 19.2 Å². The minimum absolute atomic E-state index is 0.0653. The lowest BCUT2D eigenvalue weighted by atomic mass is 10.0. The van der Waals surface area contributed by atoms with Gasteiger partial charge in [0.15, 0.2) is 5.79 Å². The molecule has 37 heavy (non-hydrogen) atoms. The summed E-state index contributed by atoms with van der Waals surface area (Å²) >= 11 is 0. The van der Waals surface area contributed by atoms with E-state index in [-0.39, 0.29) is 25.5 Å². The van der Waals surface area contributed by atoms with E-state index in [1.54, 1.807) is 47.4 Å². The minimum Gasteiger partial charge on any atom is -0.489 e. The zero-order valence-electron chi connectivity index (χ0n) is 19.8. The third-order valence-electron chi connectivity index (χ3n) is 7.63. The number of benzene rings is 2. The molecule has 4 amide bonds. The first kappa shape index (κ1) is 22.3. The lowest BCUT2D eigenvalue weighted by Gasteiger charge is -2.38. The molecule has 2 aromatic rings. The van der Waals surface area contributed by atoms with Crippen LogP contribution in [0.3, 0.4) is 0 Å². The molecule has 0 radical (unpaired) electrons. The molecule has 1 spiro atoms. The minimum atomic E-state index is -0.820. The van der Waals surface area contributed by atoms with Crippen LogP contribution in [0.4, 0.5) is 16.2 Å². The van der Waals surface area contributed by atoms with Gasteiger partial charge in [-0.2, -0.15) is 0 Å². The van der Waals surface area contributed by atoms with E-state index in [4.69, 9.17) is 18.9 Å². The van der Waals surface area contributed by atoms with Gasteiger partial charge in [0, 0.05) is 24.7 Å². The first-order chi connectivity index (χ1) is 17.9. The Morgan fingerprint density at radius 3 is 2.38 bits per heavy atom. The van der Waals surface area contributed by atoms with E-state index in [0.717, 1.165) is 4.90 Å². The van der Waals surface area contributed by atoms with E-state index in [1.165, 1.54) is 4.90 Å². The van der Waals surface area contributed by atoms with Crippen molar-refractivity contribution < 1.29 is 38.1 Å². The fourth-order valence-corrected chi connectivity index (χ4v) is 5.77. The normalized spacial score (nSPS) is 25.8. The summed E-state index contributed by atoms with van der Waals surface area (Å²) in [4.78, 5) is 55.7. The molecule has 0 N–H and O–H groups in total. The van der Waals surface area contributed by atoms with Crippen molar-refractivity contribution in [2.45, 2.75) is 30.8 Å². The highest BCUT2D eigenvalue weighted by molar-refractivity contribution is 6.21. The molecule has 0 unspecified atom stereocenters. The zero-order valence-corrected chi connectivity index (χ0v) is 19.8. The van der Waals surface area contributed by atoms with Gasteiger partial charge in [-0.1, -0.05) is 12.1 Å². The van der Waals surface area contributed by atoms with E-state index in [1.807, 2.05) is 0 Å². The third-order valence-corrected chi connectivity index (χ3v) is 7.63. The van der Waals surface area contributed by atoms with Gasteiger partial charge in [-0.05, 0) is 24.3 Å². The number of anilines is 2. The fourth-order valence-electron chi connectivity index (χ4n) is 5.77. The summed E-state index contributed by atoms with van der Waals surface area (Å²) < 4.78 is 23.0. The van der Waals surface area contributed by atoms with E-state index < -0.39 is 35.8 Å². The van der Waals surface area contributed by atoms with Crippen LogP contribution < -0.4 is 14.5 Å². The Labute approximate surface area is 211 Å². The quantitative estimate of drug-likeness (QED) is 0.582. The zero-order chi connectivity index (χ0) is 25.3. The van der Waals surface area contributed by atoms with Gasteiger partial charge in [0.1, 0.15) is 24.5 Å². The number of fused-ring (bicyclic) bond motifs is 4. The Morgan fingerprint density at radius 1 is 0.946 bits per heavy atom.